The molecule has 12 heavy (non-hydrogen) atoms. The van der Waals surface area contributed by atoms with Crippen molar-refractivity contribution in [2.45, 2.75) is 6.42 Å². The lowest BCUT2D eigenvalue weighted by Crippen LogP contribution is -1.68. The van der Waals surface area contributed by atoms with Crippen LogP contribution >= 0.6 is 0 Å². The molecule has 0 heterocycles. The van der Waals surface area contributed by atoms with Crippen molar-refractivity contribution >= 4 is 0 Å². The second kappa shape index (κ2) is 12.8. The summed E-state index contributed by atoms with van der Waals surface area (Å²) in [5, 5.41) is 0. The molecule has 0 saturated carbocycles. The molecule has 0 radical (unpaired) electrons. The molecule has 0 fully saturated rings. The highest BCUT2D eigenvalue weighted by molar-refractivity contribution is 4.82. The molecule has 0 aliphatic carbocycles. The summed E-state index contributed by atoms with van der Waals surface area (Å²) in [7, 11) is 0. The number of rotatable bonds is 3. The maximum Gasteiger partial charge on any atom is 0.159 e. The first-order valence-electron chi connectivity index (χ1n) is 3.04. The van der Waals surface area contributed by atoms with E-state index in [9.17, 15) is 22.0 Å². The van der Waals surface area contributed by atoms with Crippen molar-refractivity contribution in [2.75, 3.05) is 13.3 Å². The highest BCUT2D eigenvalue weighted by Crippen LogP contribution is 1.94. The van der Waals surface area contributed by atoms with Gasteiger partial charge in [-0.1, -0.05) is 6.08 Å². The molecular weight excluding hydrogens is 179 g/mol. The maximum atomic E-state index is 11.0. The van der Waals surface area contributed by atoms with Crippen LogP contribution in [0.15, 0.2) is 24.6 Å². The normalized spacial score (nSPS) is 11.2. The van der Waals surface area contributed by atoms with Crippen molar-refractivity contribution in [3.63, 3.8) is 0 Å². The van der Waals surface area contributed by atoms with E-state index < -0.39 is 25.5 Å². The Bertz CT molecular complexity index is 130. The van der Waals surface area contributed by atoms with Gasteiger partial charge in [0, 0.05) is 0 Å². The molecule has 0 atom stereocenters. The Morgan fingerprint density at radius 1 is 1.17 bits per heavy atom. The van der Waals surface area contributed by atoms with E-state index in [1.165, 1.54) is 0 Å². The number of halogens is 5. The van der Waals surface area contributed by atoms with Crippen LogP contribution in [0.5, 0.6) is 0 Å². The third-order valence-electron chi connectivity index (χ3n) is 0.611. The Morgan fingerprint density at radius 2 is 1.75 bits per heavy atom. The van der Waals surface area contributed by atoms with Gasteiger partial charge in [-0.2, -0.15) is 0 Å². The van der Waals surface area contributed by atoms with Gasteiger partial charge in [-0.05, 0) is 6.42 Å². The smallest absolute Gasteiger partial charge is 0.159 e. The van der Waals surface area contributed by atoms with Crippen molar-refractivity contribution < 1.29 is 22.0 Å². The molecule has 0 N–H and O–H groups in total. The standard InChI is InChI=1S/C4H6F2.C3H3F3/c5-3-1-2-4-6;4-1-3(6)2-5/h1,3H,2,4H2;1H,2H2. The van der Waals surface area contributed by atoms with Crippen LogP contribution in [0, 0.1) is 0 Å². The summed E-state index contributed by atoms with van der Waals surface area (Å²) in [6, 6.07) is 0. The fourth-order valence-electron chi connectivity index (χ4n) is 0.155. The molecule has 0 rings (SSSR count). The molecule has 0 spiro atoms. The van der Waals surface area contributed by atoms with Gasteiger partial charge in [-0.25, -0.2) is 17.6 Å². The topological polar surface area (TPSA) is 0 Å². The Hall–Kier alpha value is -0.870. The predicted molar refractivity (Wildman–Crippen MR) is 37.1 cm³/mol. The number of hydrogen-bond acceptors (Lipinski definition) is 0. The van der Waals surface area contributed by atoms with Gasteiger partial charge < -0.3 is 0 Å². The van der Waals surface area contributed by atoms with E-state index in [0.717, 1.165) is 6.08 Å². The number of hydrogen-bond donors (Lipinski definition) is 0. The Balaban J connectivity index is 0. The molecule has 0 aromatic rings. The van der Waals surface area contributed by atoms with Gasteiger partial charge in [0.2, 0.25) is 0 Å². The van der Waals surface area contributed by atoms with Crippen molar-refractivity contribution in [2.24, 2.45) is 0 Å². The zero-order valence-corrected chi connectivity index (χ0v) is 6.24. The highest BCUT2D eigenvalue weighted by atomic mass is 19.2. The lowest BCUT2D eigenvalue weighted by molar-refractivity contribution is 0.444. The van der Waals surface area contributed by atoms with Gasteiger partial charge in [0.25, 0.3) is 0 Å². The fourth-order valence-corrected chi connectivity index (χ4v) is 0.155. The summed E-state index contributed by atoms with van der Waals surface area (Å²) < 4.78 is 54.1. The summed E-state index contributed by atoms with van der Waals surface area (Å²) in [5.74, 6) is -1.37. The molecule has 0 aromatic heterocycles. The van der Waals surface area contributed by atoms with Crippen LogP contribution in [0.4, 0.5) is 22.0 Å². The highest BCUT2D eigenvalue weighted by Gasteiger charge is 1.86. The van der Waals surface area contributed by atoms with Crippen LogP contribution in [0.2, 0.25) is 0 Å². The van der Waals surface area contributed by atoms with Gasteiger partial charge in [0.05, 0.1) is 13.0 Å². The quantitative estimate of drug-likeness (QED) is 0.594. The average Bonchev–Trinajstić information content (AvgIpc) is 2.14. The fraction of sp³-hybridized carbons (Fsp3) is 0.429. The SMILES string of the molecule is FC=C(F)CF.FC=CCCF. The molecule has 5 heteroatoms. The molecule has 0 bridgehead atoms. The Morgan fingerprint density at radius 3 is 1.83 bits per heavy atom. The lowest BCUT2D eigenvalue weighted by Gasteiger charge is -1.74. The third kappa shape index (κ3) is 16.1. The van der Waals surface area contributed by atoms with Crippen LogP contribution < -0.4 is 0 Å². The van der Waals surface area contributed by atoms with Crippen LogP contribution in [0.25, 0.3) is 0 Å². The lowest BCUT2D eigenvalue weighted by atomic mass is 10.5. The molecule has 0 aliphatic rings. The van der Waals surface area contributed by atoms with Gasteiger partial charge in [0.15, 0.2) is 5.83 Å². The summed E-state index contributed by atoms with van der Waals surface area (Å²) in [6.07, 6.45) is 1.27. The molecule has 0 nitrogen and oxygen atoms in total. The van der Waals surface area contributed by atoms with E-state index in [4.69, 9.17) is 0 Å². The first-order valence-corrected chi connectivity index (χ1v) is 3.04. The van der Waals surface area contributed by atoms with Crippen molar-refractivity contribution in [1.29, 1.82) is 0 Å². The first-order chi connectivity index (χ1) is 5.72. The van der Waals surface area contributed by atoms with E-state index in [1.54, 1.807) is 0 Å². The largest absolute Gasteiger partial charge is 0.251 e. The zero-order chi connectivity index (χ0) is 9.82. The summed E-state index contributed by atoms with van der Waals surface area (Å²) in [6.45, 7) is -1.82. The minimum absolute atomic E-state index is 0.191. The zero-order valence-electron chi connectivity index (χ0n) is 6.24. The van der Waals surface area contributed by atoms with Crippen LogP contribution in [0.1, 0.15) is 6.42 Å². The van der Waals surface area contributed by atoms with E-state index >= 15 is 0 Å². The van der Waals surface area contributed by atoms with Gasteiger partial charge in [-0.15, -0.1) is 0 Å². The van der Waals surface area contributed by atoms with E-state index in [0.29, 0.717) is 6.33 Å². The summed E-state index contributed by atoms with van der Waals surface area (Å²) in [5.41, 5.74) is 0. The van der Waals surface area contributed by atoms with Crippen molar-refractivity contribution in [3.05, 3.63) is 24.6 Å². The molecule has 0 aliphatic heterocycles. The molecular formula is C7H9F5. The van der Waals surface area contributed by atoms with Crippen LogP contribution in [-0.4, -0.2) is 13.3 Å². The molecule has 0 amide bonds. The van der Waals surface area contributed by atoms with Crippen LogP contribution in [-0.2, 0) is 0 Å². The van der Waals surface area contributed by atoms with E-state index in [2.05, 4.69) is 0 Å². The van der Waals surface area contributed by atoms with Gasteiger partial charge >= 0.3 is 0 Å². The van der Waals surface area contributed by atoms with Crippen LogP contribution in [0.3, 0.4) is 0 Å². The third-order valence-corrected chi connectivity index (χ3v) is 0.611. The van der Waals surface area contributed by atoms with E-state index in [1.807, 2.05) is 0 Å². The molecule has 0 aromatic carbocycles. The summed E-state index contributed by atoms with van der Waals surface area (Å²) in [4.78, 5) is 0. The maximum absolute atomic E-state index is 11.0. The van der Waals surface area contributed by atoms with Gasteiger partial charge in [-0.3, -0.25) is 4.39 Å². The Kier molecular flexibility index (Phi) is 14.6. The first kappa shape index (κ1) is 13.7. The van der Waals surface area contributed by atoms with E-state index in [-0.39, 0.29) is 6.42 Å². The number of allylic oxidation sites excluding steroid dienone is 2. The van der Waals surface area contributed by atoms with Crippen molar-refractivity contribution in [1.82, 2.24) is 0 Å². The monoisotopic (exact) mass is 188 g/mol. The molecule has 72 valence electrons. The minimum Gasteiger partial charge on any atom is -0.251 e. The summed E-state index contributed by atoms with van der Waals surface area (Å²) >= 11 is 0. The second-order valence-corrected chi connectivity index (χ2v) is 1.53. The minimum atomic E-state index is -1.37. The second-order valence-electron chi connectivity index (χ2n) is 1.53. The number of alkyl halides is 2. The Labute approximate surface area is 67.4 Å². The van der Waals surface area contributed by atoms with Gasteiger partial charge in [0.1, 0.15) is 13.0 Å². The van der Waals surface area contributed by atoms with Crippen molar-refractivity contribution in [3.8, 4) is 0 Å². The molecule has 0 unspecified atom stereocenters. The predicted octanol–water partition coefficient (Wildman–Crippen LogP) is 3.57. The average molecular weight is 188 g/mol. The molecule has 0 saturated heterocycles.